The van der Waals surface area contributed by atoms with Crippen molar-refractivity contribution in [1.29, 1.82) is 0 Å². The monoisotopic (exact) mass is 635 g/mol. The number of carboxylic acid groups (broad SMARTS) is 1. The number of fused-ring (bicyclic) bond motifs is 1. The summed E-state index contributed by atoms with van der Waals surface area (Å²) in [6, 6.07) is -1.28. The predicted molar refractivity (Wildman–Crippen MR) is 140 cm³/mol. The molecule has 2 aliphatic rings. The Balaban J connectivity index is 1.82. The summed E-state index contributed by atoms with van der Waals surface area (Å²) < 4.78 is 48.4. The fraction of sp³-hybridized carbons (Fsp3) is 0.435. The van der Waals surface area contributed by atoms with Crippen molar-refractivity contribution in [3.63, 3.8) is 0 Å². The molecule has 228 valence electrons. The van der Waals surface area contributed by atoms with Gasteiger partial charge < -0.3 is 30.5 Å². The van der Waals surface area contributed by atoms with E-state index in [0.717, 1.165) is 28.0 Å². The van der Waals surface area contributed by atoms with Crippen LogP contribution in [-0.2, 0) is 38.3 Å². The van der Waals surface area contributed by atoms with E-state index in [1.54, 1.807) is 20.8 Å². The number of halogens is 3. The van der Waals surface area contributed by atoms with Crippen LogP contribution in [0.2, 0.25) is 0 Å². The summed E-state index contributed by atoms with van der Waals surface area (Å²) in [5.41, 5.74) is 3.37. The molecular formula is C23H24F3N5O9S2. The van der Waals surface area contributed by atoms with Crippen molar-refractivity contribution in [3.05, 3.63) is 34.5 Å². The van der Waals surface area contributed by atoms with Crippen molar-refractivity contribution in [1.82, 2.24) is 15.2 Å². The molecule has 2 amide bonds. The minimum absolute atomic E-state index is 0.0541. The van der Waals surface area contributed by atoms with Gasteiger partial charge in [-0.05, 0) is 26.3 Å². The molecule has 0 bridgehead atoms. The summed E-state index contributed by atoms with van der Waals surface area (Å²) >= 11 is 1.90. The number of oxime groups is 1. The maximum absolute atomic E-state index is 13.1. The number of thiazole rings is 1. The Kier molecular flexibility index (Phi) is 9.87. The van der Waals surface area contributed by atoms with E-state index < -0.39 is 77.5 Å². The van der Waals surface area contributed by atoms with E-state index >= 15 is 0 Å². The third-order valence-electron chi connectivity index (χ3n) is 5.27. The number of alkyl halides is 3. The zero-order valence-corrected chi connectivity index (χ0v) is 23.7. The summed E-state index contributed by atoms with van der Waals surface area (Å²) in [4.78, 5) is 71.2. The third kappa shape index (κ3) is 7.99. The number of hydrogen-bond donors (Lipinski definition) is 3. The Labute approximate surface area is 243 Å². The average molecular weight is 636 g/mol. The molecule has 0 radical (unpaired) electrons. The van der Waals surface area contributed by atoms with Gasteiger partial charge in [-0.1, -0.05) is 11.2 Å². The molecule has 19 heteroatoms. The molecule has 1 aromatic rings. The van der Waals surface area contributed by atoms with E-state index in [1.165, 1.54) is 5.38 Å². The summed E-state index contributed by atoms with van der Waals surface area (Å²) in [5, 5.41) is 15.1. The standard InChI is InChI=1S/C23H24F3N5O9S2/c1-22(2,3)20(37)39-9-38-19(36)15-10(4-5-23(24,25)26)7-41-18-14(17(35)31(15)18)29-16(34)13(30-40-6-12(32)33)11-8-42-21(27)28-11/h4-5,8,14,18H,6-7,9H2,1-3H3,(H2,27,28)(H,29,34)(H,32,33)/b5-4+,30-13-/t14?,18-/m1/s1. The van der Waals surface area contributed by atoms with Crippen LogP contribution in [0.15, 0.2) is 34.0 Å². The van der Waals surface area contributed by atoms with Gasteiger partial charge in [0.2, 0.25) is 13.4 Å². The number of ether oxygens (including phenoxy) is 2. The lowest BCUT2D eigenvalue weighted by atomic mass is 9.98. The zero-order chi connectivity index (χ0) is 31.4. The first-order valence-electron chi connectivity index (χ1n) is 11.7. The van der Waals surface area contributed by atoms with E-state index in [2.05, 4.69) is 20.3 Å². The lowest BCUT2D eigenvalue weighted by molar-refractivity contribution is -0.173. The van der Waals surface area contributed by atoms with Crippen LogP contribution < -0.4 is 11.1 Å². The number of aromatic nitrogens is 1. The van der Waals surface area contributed by atoms with Gasteiger partial charge in [-0.3, -0.25) is 19.3 Å². The summed E-state index contributed by atoms with van der Waals surface area (Å²) in [6.45, 7) is 2.90. The molecule has 2 aliphatic heterocycles. The Morgan fingerprint density at radius 3 is 2.52 bits per heavy atom. The van der Waals surface area contributed by atoms with Crippen LogP contribution in [0, 0.1) is 5.41 Å². The number of thioether (sulfide) groups is 1. The molecule has 4 N–H and O–H groups in total. The van der Waals surface area contributed by atoms with Crippen molar-refractivity contribution in [2.75, 3.05) is 24.9 Å². The van der Waals surface area contributed by atoms with Gasteiger partial charge in [-0.25, -0.2) is 14.6 Å². The Hall–Kier alpha value is -4.13. The van der Waals surface area contributed by atoms with Crippen molar-refractivity contribution < 1.29 is 56.6 Å². The first-order chi connectivity index (χ1) is 19.5. The van der Waals surface area contributed by atoms with Crippen LogP contribution in [0.5, 0.6) is 0 Å². The quantitative estimate of drug-likeness (QED) is 0.110. The molecule has 3 heterocycles. The molecule has 14 nitrogen and oxygen atoms in total. The first-order valence-corrected chi connectivity index (χ1v) is 13.6. The largest absolute Gasteiger partial charge is 0.479 e. The highest BCUT2D eigenvalue weighted by atomic mass is 32.2. The molecular weight excluding hydrogens is 611 g/mol. The summed E-state index contributed by atoms with van der Waals surface area (Å²) in [5.74, 6) is -5.40. The fourth-order valence-corrected chi connectivity index (χ4v) is 5.21. The third-order valence-corrected chi connectivity index (χ3v) is 7.24. The Bertz CT molecular complexity index is 1370. The molecule has 1 aromatic heterocycles. The summed E-state index contributed by atoms with van der Waals surface area (Å²) in [6.07, 6.45) is -4.21. The molecule has 0 aliphatic carbocycles. The van der Waals surface area contributed by atoms with Gasteiger partial charge >= 0.3 is 24.1 Å². The number of hydrogen-bond acceptors (Lipinski definition) is 13. The molecule has 1 saturated heterocycles. The SMILES string of the molecule is CC(C)(C)C(=O)OCOC(=O)C1=C(/C=C/C(F)(F)F)CS[C@@H]2C(NC(=O)/C(=N\OCC(=O)O)c3csc(N)n3)C(=O)N12. The maximum Gasteiger partial charge on any atom is 0.409 e. The number of carbonyl (C=O) groups is 5. The van der Waals surface area contributed by atoms with Crippen LogP contribution in [0.1, 0.15) is 26.5 Å². The highest BCUT2D eigenvalue weighted by molar-refractivity contribution is 8.00. The number of nitrogens with one attached hydrogen (secondary N) is 1. The molecule has 1 unspecified atom stereocenters. The van der Waals surface area contributed by atoms with E-state index in [9.17, 15) is 37.1 Å². The number of β-lactam (4-membered cyclic amide) rings is 1. The number of nitrogens with two attached hydrogens (primary N) is 1. The molecule has 3 rings (SSSR count). The normalized spacial score (nSPS) is 19.2. The average Bonchev–Trinajstić information content (AvgIpc) is 3.31. The second-order valence-electron chi connectivity index (χ2n) is 9.52. The van der Waals surface area contributed by atoms with Crippen LogP contribution >= 0.6 is 23.1 Å². The van der Waals surface area contributed by atoms with Crippen molar-refractivity contribution >= 4 is 63.7 Å². The van der Waals surface area contributed by atoms with Gasteiger partial charge in [0.25, 0.3) is 11.8 Å². The zero-order valence-electron chi connectivity index (χ0n) is 22.1. The number of esters is 2. The lowest BCUT2D eigenvalue weighted by Crippen LogP contribution is -2.71. The van der Waals surface area contributed by atoms with Crippen LogP contribution in [0.3, 0.4) is 0 Å². The number of allylic oxidation sites excluding steroid dienone is 2. The Morgan fingerprint density at radius 1 is 1.26 bits per heavy atom. The van der Waals surface area contributed by atoms with Gasteiger partial charge in [0.15, 0.2) is 10.8 Å². The number of nitrogen functional groups attached to an aromatic ring is 1. The van der Waals surface area contributed by atoms with Crippen molar-refractivity contribution in [2.24, 2.45) is 10.6 Å². The molecule has 1 fully saturated rings. The van der Waals surface area contributed by atoms with Crippen LogP contribution in [0.25, 0.3) is 0 Å². The molecule has 2 atom stereocenters. The number of rotatable bonds is 10. The maximum atomic E-state index is 13.1. The van der Waals surface area contributed by atoms with E-state index in [1.807, 2.05) is 0 Å². The van der Waals surface area contributed by atoms with Gasteiger partial charge in [-0.15, -0.1) is 23.1 Å². The van der Waals surface area contributed by atoms with Gasteiger partial charge in [0, 0.05) is 17.2 Å². The molecule has 0 saturated carbocycles. The van der Waals surface area contributed by atoms with E-state index in [4.69, 9.17) is 20.3 Å². The van der Waals surface area contributed by atoms with Gasteiger partial charge in [-0.2, -0.15) is 13.2 Å². The van der Waals surface area contributed by atoms with Crippen molar-refractivity contribution in [3.8, 4) is 0 Å². The summed E-state index contributed by atoms with van der Waals surface area (Å²) in [7, 11) is 0. The number of aliphatic carboxylic acids is 1. The van der Waals surface area contributed by atoms with E-state index in [0.29, 0.717) is 6.08 Å². The first kappa shape index (κ1) is 32.4. The minimum Gasteiger partial charge on any atom is -0.479 e. The Morgan fingerprint density at radius 2 is 1.95 bits per heavy atom. The number of carbonyl (C=O) groups excluding carboxylic acids is 4. The second-order valence-corrected chi connectivity index (χ2v) is 11.5. The molecule has 0 spiro atoms. The number of anilines is 1. The van der Waals surface area contributed by atoms with E-state index in [-0.39, 0.29) is 28.2 Å². The molecule has 0 aromatic carbocycles. The highest BCUT2D eigenvalue weighted by Crippen LogP contribution is 2.41. The predicted octanol–water partition coefficient (Wildman–Crippen LogP) is 1.39. The number of nitrogens with zero attached hydrogens (tertiary/aromatic N) is 3. The lowest BCUT2D eigenvalue weighted by Gasteiger charge is -2.49. The number of carboxylic acids is 1. The smallest absolute Gasteiger partial charge is 0.409 e. The van der Waals surface area contributed by atoms with Crippen LogP contribution in [0.4, 0.5) is 18.3 Å². The van der Waals surface area contributed by atoms with Crippen LogP contribution in [-0.4, -0.2) is 87.2 Å². The van der Waals surface area contributed by atoms with Gasteiger partial charge in [0.05, 0.1) is 5.41 Å². The minimum atomic E-state index is -4.72. The highest BCUT2D eigenvalue weighted by Gasteiger charge is 2.54. The number of amides is 2. The second kappa shape index (κ2) is 12.8. The van der Waals surface area contributed by atoms with Gasteiger partial charge in [0.1, 0.15) is 22.8 Å². The fourth-order valence-electron chi connectivity index (χ4n) is 3.34. The molecule has 42 heavy (non-hydrogen) atoms. The topological polar surface area (TPSA) is 200 Å². The van der Waals surface area contributed by atoms with Crippen molar-refractivity contribution in [2.45, 2.75) is 38.4 Å².